The van der Waals surface area contributed by atoms with Gasteiger partial charge in [-0.25, -0.2) is 14.4 Å². The Bertz CT molecular complexity index is 664. The largest absolute Gasteiger partial charge is 0.357 e. The highest BCUT2D eigenvalue weighted by molar-refractivity contribution is 14.0. The standard InChI is InChI=1S/C18H26FN5S.HI/c1-3-21-18(22-7-4-9-24-10-8-20-14-24)23-12-15-5-6-17(19)11-16(15)13-25-2;/h5-6,8,10-11,14H,3-4,7,9,12-13H2,1-2H3,(H2,21,22,23);1H. The second-order valence-electron chi connectivity index (χ2n) is 5.62. The van der Waals surface area contributed by atoms with Crippen LogP contribution in [0.3, 0.4) is 0 Å². The van der Waals surface area contributed by atoms with Crippen LogP contribution in [0.15, 0.2) is 41.9 Å². The number of hydrogen-bond acceptors (Lipinski definition) is 3. The number of rotatable bonds is 9. The summed E-state index contributed by atoms with van der Waals surface area (Å²) in [6, 6.07) is 4.93. The minimum atomic E-state index is -0.193. The van der Waals surface area contributed by atoms with Gasteiger partial charge in [-0.1, -0.05) is 6.07 Å². The highest BCUT2D eigenvalue weighted by Gasteiger charge is 2.04. The van der Waals surface area contributed by atoms with Crippen molar-refractivity contribution in [2.75, 3.05) is 19.3 Å². The highest BCUT2D eigenvalue weighted by Crippen LogP contribution is 2.17. The molecule has 0 saturated heterocycles. The molecule has 0 amide bonds. The molecule has 0 unspecified atom stereocenters. The SMILES string of the molecule is CCNC(=NCc1ccc(F)cc1CSC)NCCCn1ccnc1.I. The van der Waals surface area contributed by atoms with Gasteiger partial charge in [0.25, 0.3) is 0 Å². The van der Waals surface area contributed by atoms with Gasteiger partial charge in [0.05, 0.1) is 12.9 Å². The van der Waals surface area contributed by atoms with Crippen LogP contribution in [0.5, 0.6) is 0 Å². The lowest BCUT2D eigenvalue weighted by molar-refractivity contribution is 0.623. The fourth-order valence-corrected chi connectivity index (χ4v) is 3.01. The molecule has 0 saturated carbocycles. The average molecular weight is 491 g/mol. The number of benzene rings is 1. The highest BCUT2D eigenvalue weighted by atomic mass is 127. The number of nitrogens with zero attached hydrogens (tertiary/aromatic N) is 3. The van der Waals surface area contributed by atoms with Crippen LogP contribution in [-0.2, 0) is 18.8 Å². The molecule has 26 heavy (non-hydrogen) atoms. The van der Waals surface area contributed by atoms with Gasteiger partial charge < -0.3 is 15.2 Å². The van der Waals surface area contributed by atoms with Gasteiger partial charge in [0.15, 0.2) is 5.96 Å². The molecule has 1 heterocycles. The van der Waals surface area contributed by atoms with E-state index in [-0.39, 0.29) is 29.8 Å². The van der Waals surface area contributed by atoms with Crippen LogP contribution < -0.4 is 10.6 Å². The maximum absolute atomic E-state index is 13.4. The Morgan fingerprint density at radius 2 is 2.15 bits per heavy atom. The molecule has 0 bridgehead atoms. The van der Waals surface area contributed by atoms with Gasteiger partial charge in [0.2, 0.25) is 0 Å². The quantitative estimate of drug-likeness (QED) is 0.244. The molecule has 0 aliphatic heterocycles. The van der Waals surface area contributed by atoms with E-state index in [1.807, 2.05) is 31.8 Å². The monoisotopic (exact) mass is 491 g/mol. The molecule has 1 aromatic heterocycles. The summed E-state index contributed by atoms with van der Waals surface area (Å²) in [7, 11) is 0. The molecule has 0 aliphatic rings. The fraction of sp³-hybridized carbons (Fsp3) is 0.444. The van der Waals surface area contributed by atoms with Crippen molar-refractivity contribution in [2.45, 2.75) is 32.2 Å². The molecule has 2 aromatic rings. The first-order valence-electron chi connectivity index (χ1n) is 8.47. The Morgan fingerprint density at radius 1 is 1.31 bits per heavy atom. The molecule has 0 radical (unpaired) electrons. The summed E-state index contributed by atoms with van der Waals surface area (Å²) < 4.78 is 15.5. The van der Waals surface area contributed by atoms with Crippen molar-refractivity contribution in [1.29, 1.82) is 0 Å². The van der Waals surface area contributed by atoms with E-state index in [0.29, 0.717) is 6.54 Å². The number of nitrogens with one attached hydrogen (secondary N) is 2. The van der Waals surface area contributed by atoms with Crippen LogP contribution in [0, 0.1) is 5.82 Å². The Morgan fingerprint density at radius 3 is 2.85 bits per heavy atom. The van der Waals surface area contributed by atoms with E-state index in [9.17, 15) is 4.39 Å². The first kappa shape index (κ1) is 22.8. The van der Waals surface area contributed by atoms with E-state index >= 15 is 0 Å². The molecule has 0 spiro atoms. The van der Waals surface area contributed by atoms with Crippen molar-refractivity contribution in [2.24, 2.45) is 4.99 Å². The minimum Gasteiger partial charge on any atom is -0.357 e. The minimum absolute atomic E-state index is 0. The predicted octanol–water partition coefficient (Wildman–Crippen LogP) is 3.65. The predicted molar refractivity (Wildman–Crippen MR) is 119 cm³/mol. The summed E-state index contributed by atoms with van der Waals surface area (Å²) in [6.45, 7) is 5.12. The maximum Gasteiger partial charge on any atom is 0.191 e. The fourth-order valence-electron chi connectivity index (χ4n) is 2.43. The van der Waals surface area contributed by atoms with Gasteiger partial charge in [-0.05, 0) is 42.9 Å². The van der Waals surface area contributed by atoms with Gasteiger partial charge in [0, 0.05) is 37.8 Å². The van der Waals surface area contributed by atoms with E-state index in [0.717, 1.165) is 48.9 Å². The van der Waals surface area contributed by atoms with Crippen LogP contribution in [0.4, 0.5) is 4.39 Å². The van der Waals surface area contributed by atoms with Crippen molar-refractivity contribution in [1.82, 2.24) is 20.2 Å². The van der Waals surface area contributed by atoms with Crippen LogP contribution in [0.25, 0.3) is 0 Å². The van der Waals surface area contributed by atoms with Crippen LogP contribution in [0.1, 0.15) is 24.5 Å². The number of aromatic nitrogens is 2. The van der Waals surface area contributed by atoms with Crippen LogP contribution in [-0.4, -0.2) is 34.9 Å². The lowest BCUT2D eigenvalue weighted by atomic mass is 10.1. The first-order chi connectivity index (χ1) is 12.2. The topological polar surface area (TPSA) is 54.2 Å². The van der Waals surface area contributed by atoms with Crippen molar-refractivity contribution in [3.05, 3.63) is 53.9 Å². The number of aliphatic imine (C=N–C) groups is 1. The Balaban J connectivity index is 0.00000338. The number of aryl methyl sites for hydroxylation is 1. The number of guanidine groups is 1. The molecule has 2 N–H and O–H groups in total. The van der Waals surface area contributed by atoms with Gasteiger partial charge in [-0.3, -0.25) is 0 Å². The lowest BCUT2D eigenvalue weighted by Crippen LogP contribution is -2.38. The molecule has 144 valence electrons. The number of imidazole rings is 1. The molecular weight excluding hydrogens is 464 g/mol. The van der Waals surface area contributed by atoms with Gasteiger partial charge in [-0.15, -0.1) is 24.0 Å². The third-order valence-electron chi connectivity index (χ3n) is 3.66. The summed E-state index contributed by atoms with van der Waals surface area (Å²) >= 11 is 1.68. The number of halogens is 2. The second kappa shape index (κ2) is 13.0. The molecule has 2 rings (SSSR count). The van der Waals surface area contributed by atoms with Crippen molar-refractivity contribution >= 4 is 41.7 Å². The Kier molecular flexibility index (Phi) is 11.3. The molecule has 1 aromatic carbocycles. The van der Waals surface area contributed by atoms with Gasteiger partial charge >= 0.3 is 0 Å². The molecular formula is C18H27FIN5S. The average Bonchev–Trinajstić information content (AvgIpc) is 3.11. The van der Waals surface area contributed by atoms with Gasteiger partial charge in [-0.2, -0.15) is 11.8 Å². The molecule has 0 aliphatic carbocycles. The van der Waals surface area contributed by atoms with Gasteiger partial charge in [0.1, 0.15) is 5.82 Å². The summed E-state index contributed by atoms with van der Waals surface area (Å²) in [5.41, 5.74) is 2.07. The lowest BCUT2D eigenvalue weighted by Gasteiger charge is -2.12. The van der Waals surface area contributed by atoms with Crippen LogP contribution >= 0.6 is 35.7 Å². The first-order valence-corrected chi connectivity index (χ1v) is 9.86. The smallest absolute Gasteiger partial charge is 0.191 e. The summed E-state index contributed by atoms with van der Waals surface area (Å²) in [4.78, 5) is 8.67. The summed E-state index contributed by atoms with van der Waals surface area (Å²) in [6.07, 6.45) is 8.56. The maximum atomic E-state index is 13.4. The Hall–Kier alpha value is -1.29. The van der Waals surface area contributed by atoms with E-state index in [1.165, 1.54) is 6.07 Å². The van der Waals surface area contributed by atoms with Crippen LogP contribution in [0.2, 0.25) is 0 Å². The van der Waals surface area contributed by atoms with E-state index in [2.05, 4.69) is 25.2 Å². The second-order valence-corrected chi connectivity index (χ2v) is 6.49. The van der Waals surface area contributed by atoms with E-state index in [4.69, 9.17) is 0 Å². The molecule has 0 fully saturated rings. The van der Waals surface area contributed by atoms with Crippen molar-refractivity contribution in [3.63, 3.8) is 0 Å². The van der Waals surface area contributed by atoms with Crippen molar-refractivity contribution in [3.8, 4) is 0 Å². The van der Waals surface area contributed by atoms with E-state index < -0.39 is 0 Å². The third kappa shape index (κ3) is 7.94. The zero-order valence-corrected chi connectivity index (χ0v) is 18.4. The van der Waals surface area contributed by atoms with E-state index in [1.54, 1.807) is 24.0 Å². The number of hydrogen-bond donors (Lipinski definition) is 2. The molecule has 0 atom stereocenters. The molecule has 8 heteroatoms. The normalized spacial score (nSPS) is 11.1. The molecule has 5 nitrogen and oxygen atoms in total. The zero-order valence-electron chi connectivity index (χ0n) is 15.2. The number of thioether (sulfide) groups is 1. The zero-order chi connectivity index (χ0) is 17.9. The summed E-state index contributed by atoms with van der Waals surface area (Å²) in [5.74, 6) is 1.38. The Labute approximate surface area is 176 Å². The third-order valence-corrected chi connectivity index (χ3v) is 4.26. The van der Waals surface area contributed by atoms with Crippen molar-refractivity contribution < 1.29 is 4.39 Å². The summed E-state index contributed by atoms with van der Waals surface area (Å²) in [5, 5.41) is 6.59.